The predicted molar refractivity (Wildman–Crippen MR) is 106 cm³/mol. The molecule has 1 aliphatic heterocycles. The first kappa shape index (κ1) is 17.7. The summed E-state index contributed by atoms with van der Waals surface area (Å²) in [6.07, 6.45) is 0.678. The van der Waals surface area contributed by atoms with Crippen LogP contribution in [-0.4, -0.2) is 28.2 Å². The summed E-state index contributed by atoms with van der Waals surface area (Å²) >= 11 is 7.35. The van der Waals surface area contributed by atoms with Crippen LogP contribution in [0.4, 0.5) is 5.13 Å². The fourth-order valence-electron chi connectivity index (χ4n) is 2.98. The summed E-state index contributed by atoms with van der Waals surface area (Å²) in [7, 11) is 0. The van der Waals surface area contributed by atoms with Crippen LogP contribution in [0.3, 0.4) is 0 Å². The summed E-state index contributed by atoms with van der Waals surface area (Å²) < 4.78 is 0. The summed E-state index contributed by atoms with van der Waals surface area (Å²) in [6.45, 7) is 1.12. The number of benzene rings is 2. The Morgan fingerprint density at radius 1 is 1.07 bits per heavy atom. The normalized spacial score (nSPS) is 13.1. The number of nitrogens with zero attached hydrogens (tertiary/aromatic N) is 2. The summed E-state index contributed by atoms with van der Waals surface area (Å²) in [5.74, 6) is -0.236. The van der Waals surface area contributed by atoms with Gasteiger partial charge in [-0.2, -0.15) is 0 Å². The summed E-state index contributed by atoms with van der Waals surface area (Å²) in [4.78, 5) is 32.4. The van der Waals surface area contributed by atoms with Crippen molar-refractivity contribution in [2.45, 2.75) is 13.0 Å². The van der Waals surface area contributed by atoms with E-state index in [1.807, 2.05) is 35.2 Å². The first-order valence-corrected chi connectivity index (χ1v) is 9.69. The van der Waals surface area contributed by atoms with E-state index in [1.54, 1.807) is 24.3 Å². The van der Waals surface area contributed by atoms with Crippen LogP contribution in [0.5, 0.6) is 0 Å². The zero-order chi connectivity index (χ0) is 18.8. The monoisotopic (exact) mass is 397 g/mol. The van der Waals surface area contributed by atoms with E-state index in [0.717, 1.165) is 10.6 Å². The second kappa shape index (κ2) is 7.50. The average molecular weight is 398 g/mol. The van der Waals surface area contributed by atoms with Crippen molar-refractivity contribution in [1.29, 1.82) is 0 Å². The van der Waals surface area contributed by atoms with E-state index in [4.69, 9.17) is 11.6 Å². The van der Waals surface area contributed by atoms with Gasteiger partial charge in [0.25, 0.3) is 11.8 Å². The highest BCUT2D eigenvalue weighted by molar-refractivity contribution is 7.15. The molecule has 0 bridgehead atoms. The van der Waals surface area contributed by atoms with Gasteiger partial charge >= 0.3 is 0 Å². The Kier molecular flexibility index (Phi) is 4.92. The van der Waals surface area contributed by atoms with E-state index >= 15 is 0 Å². The maximum absolute atomic E-state index is 12.6. The van der Waals surface area contributed by atoms with Gasteiger partial charge in [-0.15, -0.1) is 0 Å². The Labute approximate surface area is 165 Å². The number of carbonyl (C=O) groups is 2. The molecular weight excluding hydrogens is 382 g/mol. The molecule has 0 saturated heterocycles. The molecule has 2 amide bonds. The van der Waals surface area contributed by atoms with E-state index in [2.05, 4.69) is 10.3 Å². The van der Waals surface area contributed by atoms with Gasteiger partial charge in [0.05, 0.1) is 12.2 Å². The predicted octanol–water partition coefficient (Wildman–Crippen LogP) is 4.25. The molecule has 27 heavy (non-hydrogen) atoms. The van der Waals surface area contributed by atoms with Crippen LogP contribution >= 0.6 is 22.9 Å². The molecule has 4 rings (SSSR count). The summed E-state index contributed by atoms with van der Waals surface area (Å²) in [5, 5.41) is 3.88. The lowest BCUT2D eigenvalue weighted by Crippen LogP contribution is -2.35. The molecule has 7 heteroatoms. The molecule has 0 fully saturated rings. The van der Waals surface area contributed by atoms with Gasteiger partial charge in [-0.1, -0.05) is 47.2 Å². The Morgan fingerprint density at radius 3 is 2.63 bits per heavy atom. The molecule has 1 aromatic heterocycles. The van der Waals surface area contributed by atoms with Crippen molar-refractivity contribution < 1.29 is 9.59 Å². The second-order valence-electron chi connectivity index (χ2n) is 6.20. The number of hydrogen-bond donors (Lipinski definition) is 1. The molecule has 3 aromatic rings. The standard InChI is InChI=1S/C20H16ClN3O2S/c21-15-8-4-7-14(11-15)18(25)23-20-22-16-9-10-24(12-17(16)27-20)19(26)13-5-2-1-3-6-13/h1-8,11H,9-10,12H2,(H,22,23,25). The van der Waals surface area contributed by atoms with Gasteiger partial charge < -0.3 is 4.90 Å². The molecule has 5 nitrogen and oxygen atoms in total. The van der Waals surface area contributed by atoms with Crippen molar-refractivity contribution >= 4 is 39.9 Å². The first-order chi connectivity index (χ1) is 13.1. The number of aromatic nitrogens is 1. The summed E-state index contributed by atoms with van der Waals surface area (Å²) in [6, 6.07) is 16.0. The van der Waals surface area contributed by atoms with Crippen molar-refractivity contribution in [3.63, 3.8) is 0 Å². The van der Waals surface area contributed by atoms with Crippen LogP contribution in [0, 0.1) is 0 Å². The van der Waals surface area contributed by atoms with Crippen molar-refractivity contribution in [3.8, 4) is 0 Å². The third-order valence-electron chi connectivity index (χ3n) is 4.35. The third kappa shape index (κ3) is 3.86. The lowest BCUT2D eigenvalue weighted by Gasteiger charge is -2.26. The van der Waals surface area contributed by atoms with Crippen molar-refractivity contribution in [2.24, 2.45) is 0 Å². The van der Waals surface area contributed by atoms with Gasteiger partial charge in [0.15, 0.2) is 5.13 Å². The second-order valence-corrected chi connectivity index (χ2v) is 7.72. The van der Waals surface area contributed by atoms with E-state index < -0.39 is 0 Å². The summed E-state index contributed by atoms with van der Waals surface area (Å²) in [5.41, 5.74) is 2.11. The number of rotatable bonds is 3. The van der Waals surface area contributed by atoms with Crippen molar-refractivity contribution in [3.05, 3.63) is 81.3 Å². The molecule has 2 heterocycles. The fourth-order valence-corrected chi connectivity index (χ4v) is 4.19. The van der Waals surface area contributed by atoms with Gasteiger partial charge in [-0.3, -0.25) is 14.9 Å². The Bertz CT molecular complexity index is 1000. The highest BCUT2D eigenvalue weighted by atomic mass is 35.5. The molecule has 0 atom stereocenters. The van der Waals surface area contributed by atoms with Crippen LogP contribution in [-0.2, 0) is 13.0 Å². The number of hydrogen-bond acceptors (Lipinski definition) is 4. The van der Waals surface area contributed by atoms with E-state index in [1.165, 1.54) is 11.3 Å². The van der Waals surface area contributed by atoms with Crippen LogP contribution < -0.4 is 5.32 Å². The number of thiazole rings is 1. The lowest BCUT2D eigenvalue weighted by atomic mass is 10.1. The molecule has 2 aromatic carbocycles. The number of halogens is 1. The first-order valence-electron chi connectivity index (χ1n) is 8.50. The topological polar surface area (TPSA) is 62.3 Å². The molecule has 1 N–H and O–H groups in total. The zero-order valence-corrected chi connectivity index (χ0v) is 15.9. The minimum atomic E-state index is -0.249. The van der Waals surface area contributed by atoms with E-state index in [0.29, 0.717) is 40.8 Å². The van der Waals surface area contributed by atoms with Crippen LogP contribution in [0.25, 0.3) is 0 Å². The maximum Gasteiger partial charge on any atom is 0.257 e. The van der Waals surface area contributed by atoms with Gasteiger partial charge in [-0.25, -0.2) is 4.98 Å². The highest BCUT2D eigenvalue weighted by Crippen LogP contribution is 2.29. The van der Waals surface area contributed by atoms with Gasteiger partial charge in [-0.05, 0) is 30.3 Å². The van der Waals surface area contributed by atoms with E-state index in [9.17, 15) is 9.59 Å². The lowest BCUT2D eigenvalue weighted by molar-refractivity contribution is 0.0736. The molecule has 0 unspecified atom stereocenters. The minimum Gasteiger partial charge on any atom is -0.333 e. The number of amides is 2. The van der Waals surface area contributed by atoms with Crippen LogP contribution in [0.2, 0.25) is 5.02 Å². The molecule has 0 aliphatic carbocycles. The van der Waals surface area contributed by atoms with Crippen LogP contribution in [0.15, 0.2) is 54.6 Å². The van der Waals surface area contributed by atoms with E-state index in [-0.39, 0.29) is 11.8 Å². The molecule has 0 spiro atoms. The fraction of sp³-hybridized carbons (Fsp3) is 0.150. The van der Waals surface area contributed by atoms with Crippen LogP contribution in [0.1, 0.15) is 31.3 Å². The highest BCUT2D eigenvalue weighted by Gasteiger charge is 2.25. The number of fused-ring (bicyclic) bond motifs is 1. The largest absolute Gasteiger partial charge is 0.333 e. The van der Waals surface area contributed by atoms with Crippen molar-refractivity contribution in [1.82, 2.24) is 9.88 Å². The molecular formula is C20H16ClN3O2S. The van der Waals surface area contributed by atoms with Gasteiger partial charge in [0.1, 0.15) is 0 Å². The maximum atomic E-state index is 12.6. The molecule has 136 valence electrons. The zero-order valence-electron chi connectivity index (χ0n) is 14.3. The third-order valence-corrected chi connectivity index (χ3v) is 5.58. The smallest absolute Gasteiger partial charge is 0.257 e. The number of nitrogens with one attached hydrogen (secondary N) is 1. The SMILES string of the molecule is O=C(Nc1nc2c(s1)CN(C(=O)c1ccccc1)CC2)c1cccc(Cl)c1. The average Bonchev–Trinajstić information content (AvgIpc) is 3.09. The Balaban J connectivity index is 1.47. The Hall–Kier alpha value is -2.70. The number of anilines is 1. The molecule has 0 radical (unpaired) electrons. The minimum absolute atomic E-state index is 0.0131. The Morgan fingerprint density at radius 2 is 1.85 bits per heavy atom. The van der Waals surface area contributed by atoms with Gasteiger partial charge in [0.2, 0.25) is 0 Å². The number of carbonyl (C=O) groups excluding carboxylic acids is 2. The molecule has 1 aliphatic rings. The molecule has 0 saturated carbocycles. The quantitative estimate of drug-likeness (QED) is 0.718. The van der Waals surface area contributed by atoms with Crippen molar-refractivity contribution in [2.75, 3.05) is 11.9 Å². The van der Waals surface area contributed by atoms with Gasteiger partial charge in [0, 0.05) is 34.0 Å².